The Morgan fingerprint density at radius 2 is 2.19 bits per heavy atom. The third-order valence-electron chi connectivity index (χ3n) is 3.65. The molecule has 0 saturated carbocycles. The number of aliphatic hydroxyl groups is 2. The molecule has 3 heterocycles. The summed E-state index contributed by atoms with van der Waals surface area (Å²) in [5, 5.41) is 18.7. The SMILES string of the molecule is Nc1ncnc2c1ncn2[C@@H]1O[C@H](CCCO)[C@@H](O)[C@H]1S. The van der Waals surface area contributed by atoms with Crippen molar-refractivity contribution in [3.8, 4) is 0 Å². The monoisotopic (exact) mass is 311 g/mol. The molecule has 9 heteroatoms. The van der Waals surface area contributed by atoms with Crippen molar-refractivity contribution in [3.05, 3.63) is 12.7 Å². The van der Waals surface area contributed by atoms with Crippen LogP contribution in [0.3, 0.4) is 0 Å². The third kappa shape index (κ3) is 2.46. The minimum atomic E-state index is -0.721. The zero-order valence-electron chi connectivity index (χ0n) is 11.2. The molecule has 0 spiro atoms. The van der Waals surface area contributed by atoms with Crippen LogP contribution in [0.2, 0.25) is 0 Å². The van der Waals surface area contributed by atoms with E-state index >= 15 is 0 Å². The van der Waals surface area contributed by atoms with Crippen molar-refractivity contribution >= 4 is 29.6 Å². The molecule has 1 fully saturated rings. The van der Waals surface area contributed by atoms with Crippen LogP contribution in [0.4, 0.5) is 5.82 Å². The van der Waals surface area contributed by atoms with E-state index in [1.54, 1.807) is 10.9 Å². The number of nitrogens with zero attached hydrogens (tertiary/aromatic N) is 4. The minimum absolute atomic E-state index is 0.0618. The van der Waals surface area contributed by atoms with Gasteiger partial charge in [-0.25, -0.2) is 15.0 Å². The predicted octanol–water partition coefficient (Wildman–Crippen LogP) is -0.262. The van der Waals surface area contributed by atoms with Gasteiger partial charge in [0.15, 0.2) is 17.7 Å². The number of aliphatic hydroxyl groups excluding tert-OH is 2. The largest absolute Gasteiger partial charge is 0.396 e. The van der Waals surface area contributed by atoms with E-state index < -0.39 is 17.6 Å². The van der Waals surface area contributed by atoms with E-state index in [9.17, 15) is 5.11 Å². The van der Waals surface area contributed by atoms with Crippen molar-refractivity contribution in [2.24, 2.45) is 0 Å². The molecule has 1 aliphatic rings. The Labute approximate surface area is 126 Å². The van der Waals surface area contributed by atoms with E-state index in [1.807, 2.05) is 0 Å². The molecule has 0 amide bonds. The smallest absolute Gasteiger partial charge is 0.167 e. The van der Waals surface area contributed by atoms with Gasteiger partial charge in [0, 0.05) is 6.61 Å². The van der Waals surface area contributed by atoms with Crippen molar-refractivity contribution in [3.63, 3.8) is 0 Å². The lowest BCUT2D eigenvalue weighted by molar-refractivity contribution is -0.0230. The summed E-state index contributed by atoms with van der Waals surface area (Å²) < 4.78 is 7.57. The molecule has 3 rings (SSSR count). The van der Waals surface area contributed by atoms with Gasteiger partial charge in [-0.15, -0.1) is 0 Å². The van der Waals surface area contributed by atoms with Crippen LogP contribution in [0.5, 0.6) is 0 Å². The third-order valence-corrected chi connectivity index (χ3v) is 4.21. The molecule has 0 radical (unpaired) electrons. The number of rotatable bonds is 4. The lowest BCUT2D eigenvalue weighted by atomic mass is 10.1. The van der Waals surface area contributed by atoms with Crippen LogP contribution in [0.25, 0.3) is 11.2 Å². The van der Waals surface area contributed by atoms with Crippen LogP contribution in [0, 0.1) is 0 Å². The Kier molecular flexibility index (Phi) is 3.98. The molecule has 4 atom stereocenters. The Morgan fingerprint density at radius 1 is 1.38 bits per heavy atom. The molecule has 0 unspecified atom stereocenters. The highest BCUT2D eigenvalue weighted by atomic mass is 32.1. The number of nitrogens with two attached hydrogens (primary N) is 1. The summed E-state index contributed by atoms with van der Waals surface area (Å²) in [6.45, 7) is 0.0618. The number of hydrogen-bond acceptors (Lipinski definition) is 8. The second-order valence-corrected chi connectivity index (χ2v) is 5.59. The van der Waals surface area contributed by atoms with E-state index in [0.717, 1.165) is 0 Å². The molecule has 0 bridgehead atoms. The van der Waals surface area contributed by atoms with Crippen molar-refractivity contribution in [2.75, 3.05) is 12.3 Å². The van der Waals surface area contributed by atoms with Crippen molar-refractivity contribution in [2.45, 2.75) is 36.5 Å². The average molecular weight is 311 g/mol. The first-order chi connectivity index (χ1) is 10.1. The first-order valence-corrected chi connectivity index (χ1v) is 7.20. The molecule has 21 heavy (non-hydrogen) atoms. The lowest BCUT2D eigenvalue weighted by Crippen LogP contribution is -2.27. The molecule has 2 aromatic heterocycles. The number of imidazole rings is 1. The number of hydrogen-bond donors (Lipinski definition) is 4. The topological polar surface area (TPSA) is 119 Å². The number of aromatic nitrogens is 4. The predicted molar refractivity (Wildman–Crippen MR) is 78.7 cm³/mol. The van der Waals surface area contributed by atoms with Gasteiger partial charge in [-0.05, 0) is 12.8 Å². The summed E-state index contributed by atoms with van der Waals surface area (Å²) in [6.07, 6.45) is 2.46. The van der Waals surface area contributed by atoms with Crippen LogP contribution in [-0.2, 0) is 4.74 Å². The fraction of sp³-hybridized carbons (Fsp3) is 0.583. The van der Waals surface area contributed by atoms with Crippen molar-refractivity contribution < 1.29 is 14.9 Å². The Bertz CT molecular complexity index is 636. The zero-order chi connectivity index (χ0) is 15.0. The molecule has 4 N–H and O–H groups in total. The Hall–Kier alpha value is -1.42. The number of anilines is 1. The Balaban J connectivity index is 1.90. The van der Waals surface area contributed by atoms with Gasteiger partial charge in [-0.2, -0.15) is 12.6 Å². The number of ether oxygens (including phenoxy) is 1. The molecule has 0 aliphatic carbocycles. The quantitative estimate of drug-likeness (QED) is 0.574. The summed E-state index contributed by atoms with van der Waals surface area (Å²) in [7, 11) is 0. The second kappa shape index (κ2) is 5.76. The van der Waals surface area contributed by atoms with E-state index in [1.165, 1.54) is 6.33 Å². The van der Waals surface area contributed by atoms with Gasteiger partial charge in [-0.1, -0.05) is 0 Å². The maximum Gasteiger partial charge on any atom is 0.167 e. The fourth-order valence-corrected chi connectivity index (χ4v) is 2.95. The summed E-state index contributed by atoms with van der Waals surface area (Å²) in [5.74, 6) is 0.296. The van der Waals surface area contributed by atoms with Crippen LogP contribution in [-0.4, -0.2) is 53.8 Å². The second-order valence-electron chi connectivity index (χ2n) is 5.00. The number of fused-ring (bicyclic) bond motifs is 1. The van der Waals surface area contributed by atoms with Crippen LogP contribution >= 0.6 is 12.6 Å². The molecule has 2 aromatic rings. The van der Waals surface area contributed by atoms with Crippen LogP contribution in [0.1, 0.15) is 19.1 Å². The normalized spacial score (nSPS) is 29.3. The number of thiol groups is 1. The van der Waals surface area contributed by atoms with Crippen LogP contribution < -0.4 is 5.73 Å². The molecular weight excluding hydrogens is 294 g/mol. The maximum atomic E-state index is 10.2. The molecule has 0 aromatic carbocycles. The van der Waals surface area contributed by atoms with Gasteiger partial charge in [0.25, 0.3) is 0 Å². The highest BCUT2D eigenvalue weighted by Crippen LogP contribution is 2.36. The van der Waals surface area contributed by atoms with Gasteiger partial charge in [0.2, 0.25) is 0 Å². The molecule has 1 saturated heterocycles. The van der Waals surface area contributed by atoms with E-state index in [0.29, 0.717) is 29.8 Å². The van der Waals surface area contributed by atoms with Crippen LogP contribution in [0.15, 0.2) is 12.7 Å². The van der Waals surface area contributed by atoms with E-state index in [2.05, 4.69) is 27.6 Å². The molecule has 1 aliphatic heterocycles. The maximum absolute atomic E-state index is 10.2. The Morgan fingerprint density at radius 3 is 2.95 bits per heavy atom. The molecule has 114 valence electrons. The first-order valence-electron chi connectivity index (χ1n) is 6.69. The summed E-state index contributed by atoms with van der Waals surface area (Å²) >= 11 is 4.44. The van der Waals surface area contributed by atoms with Crippen molar-refractivity contribution in [1.29, 1.82) is 0 Å². The highest BCUT2D eigenvalue weighted by molar-refractivity contribution is 7.81. The summed E-state index contributed by atoms with van der Waals surface area (Å²) in [6, 6.07) is 0. The minimum Gasteiger partial charge on any atom is -0.396 e. The standard InChI is InChI=1S/C12H17N5O3S/c13-10-7-11(15-4-14-10)17(5-16-7)12-9(21)8(19)6(20-12)2-1-3-18/h4-6,8-9,12,18-19,21H,1-3H2,(H2,13,14,15)/t6-,8-,9-,12-/m1/s1. The molecular formula is C12H17N5O3S. The lowest BCUT2D eigenvalue weighted by Gasteiger charge is -2.16. The van der Waals surface area contributed by atoms with Gasteiger partial charge >= 0.3 is 0 Å². The zero-order valence-corrected chi connectivity index (χ0v) is 12.1. The van der Waals surface area contributed by atoms with Gasteiger partial charge in [-0.3, -0.25) is 4.57 Å². The summed E-state index contributed by atoms with van der Waals surface area (Å²) in [5.41, 5.74) is 6.80. The van der Waals surface area contributed by atoms with Gasteiger partial charge in [0.1, 0.15) is 11.8 Å². The van der Waals surface area contributed by atoms with Crippen molar-refractivity contribution in [1.82, 2.24) is 19.5 Å². The average Bonchev–Trinajstić information content (AvgIpc) is 3.02. The fourth-order valence-electron chi connectivity index (χ4n) is 2.55. The molecule has 8 nitrogen and oxygen atoms in total. The van der Waals surface area contributed by atoms with Gasteiger partial charge < -0.3 is 20.7 Å². The first kappa shape index (κ1) is 14.5. The number of nitrogen functional groups attached to an aromatic ring is 1. The summed E-state index contributed by atoms with van der Waals surface area (Å²) in [4.78, 5) is 12.2. The van der Waals surface area contributed by atoms with Gasteiger partial charge in [0.05, 0.1) is 23.8 Å². The highest BCUT2D eigenvalue weighted by Gasteiger charge is 2.42. The van der Waals surface area contributed by atoms with E-state index in [-0.39, 0.29) is 12.7 Å². The van der Waals surface area contributed by atoms with E-state index in [4.69, 9.17) is 15.6 Å².